The highest BCUT2D eigenvalue weighted by Crippen LogP contribution is 2.21. The van der Waals surface area contributed by atoms with E-state index in [0.717, 1.165) is 6.42 Å². The number of hydrogen-bond donors (Lipinski definition) is 0. The lowest BCUT2D eigenvalue weighted by molar-refractivity contribution is -0.156. The number of esters is 1. The van der Waals surface area contributed by atoms with Crippen LogP contribution in [0, 0.1) is 5.41 Å². The molecule has 0 spiro atoms. The number of carbonyl (C=O) groups excluding carboxylic acids is 1. The molecule has 0 aliphatic carbocycles. The third-order valence-electron chi connectivity index (χ3n) is 2.17. The summed E-state index contributed by atoms with van der Waals surface area (Å²) in [7, 11) is 0. The summed E-state index contributed by atoms with van der Waals surface area (Å²) < 4.78 is 14.8. The first-order valence-corrected chi connectivity index (χ1v) is 5.02. The van der Waals surface area contributed by atoms with Crippen molar-refractivity contribution in [3.63, 3.8) is 0 Å². The van der Waals surface area contributed by atoms with Gasteiger partial charge >= 0.3 is 5.97 Å². The lowest BCUT2D eigenvalue weighted by atomic mass is 9.91. The molecule has 0 aromatic rings. The van der Waals surface area contributed by atoms with Gasteiger partial charge in [-0.3, -0.25) is 4.79 Å². The molecule has 0 heterocycles. The van der Waals surface area contributed by atoms with E-state index in [2.05, 4.69) is 6.58 Å². The van der Waals surface area contributed by atoms with Crippen LogP contribution < -0.4 is 0 Å². The molecule has 0 saturated carbocycles. The Morgan fingerprint density at radius 3 is 2.60 bits per heavy atom. The van der Waals surface area contributed by atoms with Crippen molar-refractivity contribution in [2.75, 3.05) is 20.0 Å². The summed E-state index contributed by atoms with van der Waals surface area (Å²) >= 11 is 0. The highest BCUT2D eigenvalue weighted by Gasteiger charge is 2.26. The molecule has 4 nitrogen and oxygen atoms in total. The summed E-state index contributed by atoms with van der Waals surface area (Å²) in [6.07, 6.45) is 2.05. The average molecular weight is 216 g/mol. The lowest BCUT2D eigenvalue weighted by Crippen LogP contribution is -2.27. The van der Waals surface area contributed by atoms with E-state index in [1.54, 1.807) is 0 Å². The van der Waals surface area contributed by atoms with Gasteiger partial charge in [-0.1, -0.05) is 13.5 Å². The van der Waals surface area contributed by atoms with Gasteiger partial charge in [0.1, 0.15) is 6.61 Å². The highest BCUT2D eigenvalue weighted by atomic mass is 16.7. The van der Waals surface area contributed by atoms with Crippen LogP contribution >= 0.6 is 0 Å². The van der Waals surface area contributed by atoms with E-state index in [-0.39, 0.29) is 19.4 Å². The molecular weight excluding hydrogens is 196 g/mol. The second-order valence-electron chi connectivity index (χ2n) is 3.73. The first kappa shape index (κ1) is 14.0. The Kier molecular flexibility index (Phi) is 6.79. The third-order valence-corrected chi connectivity index (χ3v) is 2.17. The molecule has 0 aliphatic rings. The van der Waals surface area contributed by atoms with Gasteiger partial charge < -0.3 is 14.2 Å². The van der Waals surface area contributed by atoms with Gasteiger partial charge in [-0.05, 0) is 20.3 Å². The summed E-state index contributed by atoms with van der Waals surface area (Å²) in [5, 5.41) is 0. The normalized spacial score (nSPS) is 10.9. The van der Waals surface area contributed by atoms with Crippen LogP contribution in [-0.4, -0.2) is 26.0 Å². The predicted octanol–water partition coefficient (Wildman–Crippen LogP) is 2.10. The van der Waals surface area contributed by atoms with Gasteiger partial charge in [-0.25, -0.2) is 0 Å². The molecule has 0 atom stereocenters. The van der Waals surface area contributed by atoms with Gasteiger partial charge in [0.05, 0.1) is 18.3 Å². The van der Waals surface area contributed by atoms with E-state index in [0.29, 0.717) is 6.61 Å². The molecule has 0 bridgehead atoms. The van der Waals surface area contributed by atoms with E-state index in [9.17, 15) is 4.79 Å². The van der Waals surface area contributed by atoms with Gasteiger partial charge in [-0.15, -0.1) is 0 Å². The molecule has 15 heavy (non-hydrogen) atoms. The largest absolute Gasteiger partial charge is 0.476 e. The molecular formula is C11H20O4. The van der Waals surface area contributed by atoms with Crippen molar-refractivity contribution in [3.05, 3.63) is 12.8 Å². The van der Waals surface area contributed by atoms with Crippen LogP contribution in [0.1, 0.15) is 27.2 Å². The molecule has 0 radical (unpaired) electrons. The Balaban J connectivity index is 3.51. The Labute approximate surface area is 91.2 Å². The standard InChI is InChI=1S/C11H20O4/c1-5-11(3,4)10(12)15-8-7-14-9-13-6-2/h6H,2,5,7-9H2,1,3-4H3. The van der Waals surface area contributed by atoms with Crippen LogP contribution in [0.2, 0.25) is 0 Å². The lowest BCUT2D eigenvalue weighted by Gasteiger charge is -2.20. The molecule has 0 aliphatic heterocycles. The van der Waals surface area contributed by atoms with Crippen LogP contribution in [0.5, 0.6) is 0 Å². The maximum absolute atomic E-state index is 11.5. The molecule has 0 unspecified atom stereocenters. The fourth-order valence-electron chi connectivity index (χ4n) is 0.688. The molecule has 4 heteroatoms. The molecule has 0 aromatic carbocycles. The van der Waals surface area contributed by atoms with Gasteiger partial charge in [0.2, 0.25) is 0 Å². The molecule has 0 saturated heterocycles. The van der Waals surface area contributed by atoms with Crippen LogP contribution in [0.25, 0.3) is 0 Å². The molecule has 0 fully saturated rings. The predicted molar refractivity (Wildman–Crippen MR) is 57.1 cm³/mol. The fourth-order valence-corrected chi connectivity index (χ4v) is 0.688. The zero-order chi connectivity index (χ0) is 11.7. The number of rotatable bonds is 8. The van der Waals surface area contributed by atoms with E-state index >= 15 is 0 Å². The summed E-state index contributed by atoms with van der Waals surface area (Å²) in [6, 6.07) is 0. The van der Waals surface area contributed by atoms with E-state index in [1.165, 1.54) is 6.26 Å². The average Bonchev–Trinajstić information content (AvgIpc) is 2.22. The van der Waals surface area contributed by atoms with Gasteiger partial charge in [0.25, 0.3) is 0 Å². The van der Waals surface area contributed by atoms with E-state index in [4.69, 9.17) is 14.2 Å². The Morgan fingerprint density at radius 1 is 1.40 bits per heavy atom. The van der Waals surface area contributed by atoms with Gasteiger partial charge in [0.15, 0.2) is 6.79 Å². The van der Waals surface area contributed by atoms with E-state index < -0.39 is 5.41 Å². The van der Waals surface area contributed by atoms with Crippen molar-refractivity contribution in [3.8, 4) is 0 Å². The number of ether oxygens (including phenoxy) is 3. The van der Waals surface area contributed by atoms with Crippen LogP contribution in [0.3, 0.4) is 0 Å². The maximum atomic E-state index is 11.5. The quantitative estimate of drug-likeness (QED) is 0.270. The smallest absolute Gasteiger partial charge is 0.311 e. The summed E-state index contributed by atoms with van der Waals surface area (Å²) in [6.45, 7) is 9.76. The fraction of sp³-hybridized carbons (Fsp3) is 0.727. The molecule has 0 aromatic heterocycles. The molecule has 88 valence electrons. The summed E-state index contributed by atoms with van der Waals surface area (Å²) in [5.74, 6) is -0.196. The van der Waals surface area contributed by atoms with E-state index in [1.807, 2.05) is 20.8 Å². The van der Waals surface area contributed by atoms with Crippen LogP contribution in [0.4, 0.5) is 0 Å². The van der Waals surface area contributed by atoms with Crippen LogP contribution in [-0.2, 0) is 19.0 Å². The van der Waals surface area contributed by atoms with Crippen molar-refractivity contribution >= 4 is 5.97 Å². The Hall–Kier alpha value is -1.03. The molecule has 0 N–H and O–H groups in total. The van der Waals surface area contributed by atoms with Crippen LogP contribution in [0.15, 0.2) is 12.8 Å². The third kappa shape index (κ3) is 6.12. The summed E-state index contributed by atoms with van der Waals surface area (Å²) in [5.41, 5.74) is -0.419. The minimum Gasteiger partial charge on any atom is -0.476 e. The minimum atomic E-state index is -0.419. The monoisotopic (exact) mass is 216 g/mol. The number of carbonyl (C=O) groups is 1. The Bertz CT molecular complexity index is 199. The first-order valence-electron chi connectivity index (χ1n) is 5.02. The Morgan fingerprint density at radius 2 is 2.07 bits per heavy atom. The van der Waals surface area contributed by atoms with Gasteiger partial charge in [-0.2, -0.15) is 0 Å². The summed E-state index contributed by atoms with van der Waals surface area (Å²) in [4.78, 5) is 11.5. The van der Waals surface area contributed by atoms with Crippen molar-refractivity contribution in [1.82, 2.24) is 0 Å². The minimum absolute atomic E-state index is 0.137. The van der Waals surface area contributed by atoms with Crippen molar-refractivity contribution in [2.45, 2.75) is 27.2 Å². The second kappa shape index (κ2) is 7.29. The maximum Gasteiger partial charge on any atom is 0.311 e. The van der Waals surface area contributed by atoms with Crippen molar-refractivity contribution in [2.24, 2.45) is 5.41 Å². The highest BCUT2D eigenvalue weighted by molar-refractivity contribution is 5.75. The molecule has 0 amide bonds. The first-order chi connectivity index (χ1) is 7.04. The zero-order valence-electron chi connectivity index (χ0n) is 9.75. The molecule has 0 rings (SSSR count). The van der Waals surface area contributed by atoms with Crippen molar-refractivity contribution < 1.29 is 19.0 Å². The topological polar surface area (TPSA) is 44.8 Å². The second-order valence-corrected chi connectivity index (χ2v) is 3.73. The van der Waals surface area contributed by atoms with Gasteiger partial charge in [0, 0.05) is 0 Å². The zero-order valence-corrected chi connectivity index (χ0v) is 9.75. The van der Waals surface area contributed by atoms with Crippen molar-refractivity contribution in [1.29, 1.82) is 0 Å². The number of hydrogen-bond acceptors (Lipinski definition) is 4. The SMILES string of the molecule is C=COCOCCOC(=O)C(C)(C)CC.